The third-order valence-corrected chi connectivity index (χ3v) is 5.87. The van der Waals surface area contributed by atoms with Crippen molar-refractivity contribution in [2.45, 2.75) is 76.3 Å². The Balaban J connectivity index is 1.68. The summed E-state index contributed by atoms with van der Waals surface area (Å²) in [6.07, 6.45) is 7.82. The fourth-order valence-corrected chi connectivity index (χ4v) is 4.92. The fraction of sp³-hybridized carbons (Fsp3) is 1.00. The van der Waals surface area contributed by atoms with Gasteiger partial charge in [-0.25, -0.2) is 13.2 Å². The van der Waals surface area contributed by atoms with Crippen molar-refractivity contribution < 1.29 is 13.2 Å². The summed E-state index contributed by atoms with van der Waals surface area (Å²) in [5.41, 5.74) is 0. The van der Waals surface area contributed by atoms with Gasteiger partial charge in [0.1, 0.15) is 6.17 Å². The molecule has 19 heavy (non-hydrogen) atoms. The van der Waals surface area contributed by atoms with Gasteiger partial charge in [-0.1, -0.05) is 38.5 Å². The Morgan fingerprint density at radius 1 is 0.895 bits per heavy atom. The smallest absolute Gasteiger partial charge is 0.247 e. The minimum atomic E-state index is -2.75. The van der Waals surface area contributed by atoms with Crippen LogP contribution in [0.25, 0.3) is 0 Å². The molecule has 0 spiro atoms. The van der Waals surface area contributed by atoms with Crippen LogP contribution in [0, 0.1) is 23.7 Å². The van der Waals surface area contributed by atoms with Crippen LogP contribution in [0.1, 0.15) is 64.2 Å². The zero-order chi connectivity index (χ0) is 13.5. The second kappa shape index (κ2) is 5.29. The minimum absolute atomic E-state index is 0.0488. The van der Waals surface area contributed by atoms with Gasteiger partial charge in [0.05, 0.1) is 5.92 Å². The number of alkyl halides is 3. The van der Waals surface area contributed by atoms with E-state index in [2.05, 4.69) is 0 Å². The van der Waals surface area contributed by atoms with E-state index in [4.69, 9.17) is 0 Å². The van der Waals surface area contributed by atoms with E-state index in [1.165, 1.54) is 19.3 Å². The molecule has 0 aromatic rings. The van der Waals surface area contributed by atoms with Gasteiger partial charge in [0.2, 0.25) is 0 Å². The minimum Gasteiger partial charge on any atom is -0.247 e. The Morgan fingerprint density at radius 3 is 2.32 bits per heavy atom. The summed E-state index contributed by atoms with van der Waals surface area (Å²) in [6.45, 7) is 0. The molecule has 0 aromatic heterocycles. The lowest BCUT2D eigenvalue weighted by Gasteiger charge is -2.33. The van der Waals surface area contributed by atoms with Crippen LogP contribution >= 0.6 is 0 Å². The largest absolute Gasteiger partial charge is 0.256 e. The second-order valence-electron chi connectivity index (χ2n) is 7.08. The molecule has 3 aliphatic carbocycles. The highest BCUT2D eigenvalue weighted by Crippen LogP contribution is 2.57. The lowest BCUT2D eigenvalue weighted by atomic mass is 9.79. The molecule has 0 heterocycles. The number of hydrogen-bond acceptors (Lipinski definition) is 0. The Morgan fingerprint density at radius 2 is 1.63 bits per heavy atom. The van der Waals surface area contributed by atoms with E-state index in [1.54, 1.807) is 0 Å². The lowest BCUT2D eigenvalue weighted by molar-refractivity contribution is -0.117. The summed E-state index contributed by atoms with van der Waals surface area (Å²) < 4.78 is 42.9. The molecule has 3 saturated carbocycles. The maximum Gasteiger partial charge on any atom is 0.256 e. The van der Waals surface area contributed by atoms with Gasteiger partial charge in [-0.3, -0.25) is 0 Å². The zero-order valence-corrected chi connectivity index (χ0v) is 11.6. The van der Waals surface area contributed by atoms with Crippen LogP contribution in [0.5, 0.6) is 0 Å². The molecule has 0 aliphatic heterocycles. The van der Waals surface area contributed by atoms with Crippen molar-refractivity contribution in [3.8, 4) is 0 Å². The third-order valence-electron chi connectivity index (χ3n) is 5.87. The van der Waals surface area contributed by atoms with Crippen molar-refractivity contribution in [2.75, 3.05) is 0 Å². The highest BCUT2D eigenvalue weighted by molar-refractivity contribution is 5.02. The van der Waals surface area contributed by atoms with E-state index in [9.17, 15) is 13.2 Å². The summed E-state index contributed by atoms with van der Waals surface area (Å²) in [5, 5.41) is 0. The van der Waals surface area contributed by atoms with E-state index in [-0.39, 0.29) is 5.92 Å². The maximum absolute atomic E-state index is 14.5. The Labute approximate surface area is 114 Å². The van der Waals surface area contributed by atoms with Gasteiger partial charge < -0.3 is 0 Å². The summed E-state index contributed by atoms with van der Waals surface area (Å²) in [5.74, 6) is -3.82. The molecule has 4 atom stereocenters. The van der Waals surface area contributed by atoms with Gasteiger partial charge >= 0.3 is 0 Å². The van der Waals surface area contributed by atoms with Gasteiger partial charge in [-0.2, -0.15) is 0 Å². The molecule has 0 nitrogen and oxygen atoms in total. The first kappa shape index (κ1) is 13.8. The van der Waals surface area contributed by atoms with E-state index >= 15 is 0 Å². The number of fused-ring (bicyclic) bond motifs is 1. The van der Waals surface area contributed by atoms with Crippen LogP contribution in [0.3, 0.4) is 0 Å². The number of halogens is 3. The summed E-state index contributed by atoms with van der Waals surface area (Å²) in [7, 11) is 0. The Hall–Kier alpha value is -0.210. The summed E-state index contributed by atoms with van der Waals surface area (Å²) in [6, 6.07) is 0. The first-order valence-electron chi connectivity index (χ1n) is 8.11. The second-order valence-corrected chi connectivity index (χ2v) is 7.08. The highest BCUT2D eigenvalue weighted by atomic mass is 19.3. The van der Waals surface area contributed by atoms with Crippen molar-refractivity contribution in [1.29, 1.82) is 0 Å². The predicted octanol–water partition coefficient (Wildman–Crippen LogP) is 5.37. The molecule has 110 valence electrons. The van der Waals surface area contributed by atoms with Crippen molar-refractivity contribution in [3.05, 3.63) is 0 Å². The van der Waals surface area contributed by atoms with Crippen molar-refractivity contribution in [2.24, 2.45) is 23.7 Å². The van der Waals surface area contributed by atoms with Crippen LogP contribution in [-0.4, -0.2) is 12.1 Å². The molecule has 4 unspecified atom stereocenters. The monoisotopic (exact) mass is 274 g/mol. The highest BCUT2D eigenvalue weighted by Gasteiger charge is 2.60. The molecular weight excluding hydrogens is 249 g/mol. The quantitative estimate of drug-likeness (QED) is 0.635. The Bertz CT molecular complexity index is 309. The van der Waals surface area contributed by atoms with Gasteiger partial charge in [-0.05, 0) is 37.5 Å². The summed E-state index contributed by atoms with van der Waals surface area (Å²) >= 11 is 0. The molecule has 3 fully saturated rings. The third kappa shape index (κ3) is 2.54. The van der Waals surface area contributed by atoms with E-state index in [0.29, 0.717) is 25.2 Å². The molecule has 0 saturated heterocycles. The molecular formula is C16H25F3. The van der Waals surface area contributed by atoms with Crippen molar-refractivity contribution in [1.82, 2.24) is 0 Å². The van der Waals surface area contributed by atoms with E-state index in [0.717, 1.165) is 25.7 Å². The van der Waals surface area contributed by atoms with Crippen molar-refractivity contribution in [3.63, 3.8) is 0 Å². The first-order chi connectivity index (χ1) is 9.09. The average Bonchev–Trinajstić information content (AvgIpc) is 2.63. The molecule has 3 rings (SSSR count). The average molecular weight is 274 g/mol. The molecule has 0 amide bonds. The van der Waals surface area contributed by atoms with E-state index < -0.39 is 23.9 Å². The van der Waals surface area contributed by atoms with Gasteiger partial charge in [0, 0.05) is 5.92 Å². The normalized spacial score (nSPS) is 43.1. The van der Waals surface area contributed by atoms with Crippen LogP contribution in [0.2, 0.25) is 0 Å². The first-order valence-corrected chi connectivity index (χ1v) is 8.11. The molecule has 0 radical (unpaired) electrons. The number of hydrogen-bond donors (Lipinski definition) is 0. The van der Waals surface area contributed by atoms with Crippen LogP contribution < -0.4 is 0 Å². The van der Waals surface area contributed by atoms with E-state index in [1.807, 2.05) is 0 Å². The standard InChI is InChI=1S/C16H25F3/c17-14-8-4-7-12-10-13(16(18,19)15(12)14)9-11-5-2-1-3-6-11/h11-15H,1-10H2. The van der Waals surface area contributed by atoms with Crippen molar-refractivity contribution >= 4 is 0 Å². The van der Waals surface area contributed by atoms with Gasteiger partial charge in [0.15, 0.2) is 0 Å². The zero-order valence-electron chi connectivity index (χ0n) is 11.6. The van der Waals surface area contributed by atoms with Crippen LogP contribution in [-0.2, 0) is 0 Å². The molecule has 3 aliphatic rings. The SMILES string of the molecule is FC1CCCC2CC(CC3CCCCC3)C(F)(F)C12. The number of rotatable bonds is 2. The van der Waals surface area contributed by atoms with Gasteiger partial charge in [-0.15, -0.1) is 0 Å². The van der Waals surface area contributed by atoms with Gasteiger partial charge in [0.25, 0.3) is 5.92 Å². The summed E-state index contributed by atoms with van der Waals surface area (Å²) in [4.78, 5) is 0. The molecule has 3 heteroatoms. The lowest BCUT2D eigenvalue weighted by Crippen LogP contribution is -2.40. The molecule has 0 bridgehead atoms. The van der Waals surface area contributed by atoms with Crippen LogP contribution in [0.15, 0.2) is 0 Å². The van der Waals surface area contributed by atoms with Crippen LogP contribution in [0.4, 0.5) is 13.2 Å². The fourth-order valence-electron chi connectivity index (χ4n) is 4.92. The predicted molar refractivity (Wildman–Crippen MR) is 70.0 cm³/mol. The molecule has 0 aromatic carbocycles. The maximum atomic E-state index is 14.5. The topological polar surface area (TPSA) is 0 Å². The molecule has 0 N–H and O–H groups in total. The Kier molecular flexibility index (Phi) is 3.83.